The van der Waals surface area contributed by atoms with Gasteiger partial charge in [0, 0.05) is 42.3 Å². The largest absolute Gasteiger partial charge is 0.462 e. The first kappa shape index (κ1) is 24.3. The van der Waals surface area contributed by atoms with Crippen LogP contribution < -0.4 is 10.5 Å². The van der Waals surface area contributed by atoms with Crippen molar-refractivity contribution in [3.63, 3.8) is 0 Å². The quantitative estimate of drug-likeness (QED) is 0.346. The first-order valence-electron chi connectivity index (χ1n) is 11.9. The zero-order valence-corrected chi connectivity index (χ0v) is 21.9. The molecule has 0 N–H and O–H groups in total. The maximum atomic E-state index is 13.8. The Morgan fingerprint density at radius 2 is 1.78 bits per heavy atom. The van der Waals surface area contributed by atoms with E-state index in [0.717, 1.165) is 26.9 Å². The van der Waals surface area contributed by atoms with Gasteiger partial charge in [-0.3, -0.25) is 9.59 Å². The van der Waals surface area contributed by atoms with Crippen molar-refractivity contribution in [1.29, 1.82) is 0 Å². The number of benzene rings is 1. The molecule has 1 aliphatic heterocycles. The number of fused-ring (bicyclic) bond motifs is 1. The molecule has 7 nitrogen and oxygen atoms in total. The lowest BCUT2D eigenvalue weighted by Gasteiger charge is -2.37. The number of nitrogens with zero attached hydrogens (tertiary/aromatic N) is 3. The van der Waals surface area contributed by atoms with E-state index in [1.807, 2.05) is 64.4 Å². The number of aryl methyl sites for hydroxylation is 1. The summed E-state index contributed by atoms with van der Waals surface area (Å²) >= 11 is 2.94. The average molecular weight is 522 g/mol. The summed E-state index contributed by atoms with van der Waals surface area (Å²) in [4.78, 5) is 44.4. The number of anilines is 1. The van der Waals surface area contributed by atoms with Gasteiger partial charge in [-0.2, -0.15) is 0 Å². The van der Waals surface area contributed by atoms with Crippen LogP contribution >= 0.6 is 22.7 Å². The van der Waals surface area contributed by atoms with E-state index in [-0.39, 0.29) is 23.6 Å². The molecule has 0 saturated carbocycles. The van der Waals surface area contributed by atoms with E-state index in [4.69, 9.17) is 4.74 Å². The second-order valence-corrected chi connectivity index (χ2v) is 10.4. The number of amides is 1. The minimum atomic E-state index is -0.611. The lowest BCUT2D eigenvalue weighted by molar-refractivity contribution is 0.0523. The van der Waals surface area contributed by atoms with Gasteiger partial charge in [-0.1, -0.05) is 35.9 Å². The van der Waals surface area contributed by atoms with Gasteiger partial charge in [-0.05, 0) is 30.9 Å². The highest BCUT2D eigenvalue weighted by Gasteiger charge is 2.30. The van der Waals surface area contributed by atoms with Crippen molar-refractivity contribution in [1.82, 2.24) is 9.47 Å². The minimum Gasteiger partial charge on any atom is -0.462 e. The summed E-state index contributed by atoms with van der Waals surface area (Å²) in [6.45, 7) is 6.37. The number of rotatable bonds is 6. The number of aromatic nitrogens is 1. The second kappa shape index (κ2) is 10.3. The topological polar surface area (TPSA) is 71.8 Å². The number of carbonyl (C=O) groups excluding carboxylic acids is 2. The lowest BCUT2D eigenvalue weighted by atomic mass is 10.1. The molecule has 4 aromatic rings. The molecule has 1 amide bonds. The van der Waals surface area contributed by atoms with Gasteiger partial charge in [0.05, 0.1) is 29.2 Å². The van der Waals surface area contributed by atoms with E-state index in [1.54, 1.807) is 11.5 Å². The van der Waals surface area contributed by atoms with Crippen molar-refractivity contribution in [3.8, 4) is 0 Å². The molecule has 0 atom stereocenters. The van der Waals surface area contributed by atoms with Gasteiger partial charge >= 0.3 is 5.97 Å². The van der Waals surface area contributed by atoms with Crippen molar-refractivity contribution in [2.75, 3.05) is 37.7 Å². The molecule has 1 aromatic carbocycles. The second-order valence-electron chi connectivity index (χ2n) is 8.75. The summed E-state index contributed by atoms with van der Waals surface area (Å²) in [6, 6.07) is 11.7. The average Bonchev–Trinajstić information content (AvgIpc) is 3.59. The fraction of sp³-hybridized carbons (Fsp3) is 0.296. The first-order chi connectivity index (χ1) is 17.5. The molecule has 0 aliphatic carbocycles. The molecule has 0 bridgehead atoms. The van der Waals surface area contributed by atoms with Crippen LogP contribution in [0, 0.1) is 6.92 Å². The van der Waals surface area contributed by atoms with Crippen molar-refractivity contribution in [2.45, 2.75) is 20.4 Å². The molecule has 0 radical (unpaired) electrons. The van der Waals surface area contributed by atoms with Crippen molar-refractivity contribution < 1.29 is 14.3 Å². The molecule has 0 spiro atoms. The number of ether oxygens (including phenoxy) is 1. The van der Waals surface area contributed by atoms with Gasteiger partial charge in [0.25, 0.3) is 11.5 Å². The fourth-order valence-corrected chi connectivity index (χ4v) is 6.11. The smallest absolute Gasteiger partial charge is 0.345 e. The molecular weight excluding hydrogens is 494 g/mol. The van der Waals surface area contributed by atoms with Gasteiger partial charge in [0.2, 0.25) is 0 Å². The Hall–Kier alpha value is -3.43. The van der Waals surface area contributed by atoms with E-state index < -0.39 is 5.97 Å². The van der Waals surface area contributed by atoms with E-state index in [2.05, 4.69) is 4.90 Å². The van der Waals surface area contributed by atoms with Crippen LogP contribution in [0.5, 0.6) is 0 Å². The van der Waals surface area contributed by atoms with Gasteiger partial charge in [-0.15, -0.1) is 22.7 Å². The van der Waals surface area contributed by atoms with E-state index in [0.29, 0.717) is 38.4 Å². The van der Waals surface area contributed by atoms with Gasteiger partial charge in [0.15, 0.2) is 0 Å². The summed E-state index contributed by atoms with van der Waals surface area (Å²) in [6.07, 6.45) is 0. The number of carbonyl (C=O) groups is 2. The Labute approximate surface area is 217 Å². The highest BCUT2D eigenvalue weighted by atomic mass is 32.1. The van der Waals surface area contributed by atoms with Crippen LogP contribution in [0.15, 0.2) is 57.3 Å². The maximum Gasteiger partial charge on any atom is 0.345 e. The highest BCUT2D eigenvalue weighted by molar-refractivity contribution is 7.12. The molecule has 3 aromatic heterocycles. The summed E-state index contributed by atoms with van der Waals surface area (Å²) in [5, 5.41) is 6.70. The number of piperazine rings is 1. The van der Waals surface area contributed by atoms with Crippen LogP contribution in [0.2, 0.25) is 0 Å². The fourth-order valence-electron chi connectivity index (χ4n) is 4.59. The summed E-state index contributed by atoms with van der Waals surface area (Å²) in [5.41, 5.74) is 3.24. The normalized spacial score (nSPS) is 13.8. The summed E-state index contributed by atoms with van der Waals surface area (Å²) < 4.78 is 7.03. The SMILES string of the molecule is CCOC(=O)c1c(N2CCN(C(=O)c3cccs3)CC2)c2cscc2n(Cc2ccc(C)cc2)c1=O. The zero-order chi connectivity index (χ0) is 25.2. The monoisotopic (exact) mass is 521 g/mol. The van der Waals surface area contributed by atoms with E-state index >= 15 is 0 Å². The zero-order valence-electron chi connectivity index (χ0n) is 20.2. The Bertz CT molecular complexity index is 1450. The standard InChI is InChI=1S/C27H27N3O4S2/c1-3-34-27(33)23-24(28-10-12-29(13-11-28)25(31)22-5-4-14-36-22)20-16-35-17-21(20)30(26(23)32)15-19-8-6-18(2)7-9-19/h4-9,14,16-17H,3,10-13,15H2,1-2H3. The van der Waals surface area contributed by atoms with Gasteiger partial charge in [0.1, 0.15) is 5.56 Å². The Morgan fingerprint density at radius 3 is 2.44 bits per heavy atom. The molecule has 4 heterocycles. The molecule has 1 aliphatic rings. The predicted octanol–water partition coefficient (Wildman–Crippen LogP) is 4.62. The molecule has 36 heavy (non-hydrogen) atoms. The number of pyridine rings is 1. The molecule has 9 heteroatoms. The van der Waals surface area contributed by atoms with Crippen molar-refractivity contribution >= 4 is 51.1 Å². The van der Waals surface area contributed by atoms with Crippen LogP contribution in [0.25, 0.3) is 10.9 Å². The lowest BCUT2D eigenvalue weighted by Crippen LogP contribution is -2.49. The number of hydrogen-bond donors (Lipinski definition) is 0. The van der Waals surface area contributed by atoms with Crippen LogP contribution in [-0.4, -0.2) is 54.1 Å². The predicted molar refractivity (Wildman–Crippen MR) is 145 cm³/mol. The molecule has 0 unspecified atom stereocenters. The Morgan fingerprint density at radius 1 is 1.03 bits per heavy atom. The summed E-state index contributed by atoms with van der Waals surface area (Å²) in [7, 11) is 0. The molecule has 5 rings (SSSR count). The Kier molecular flexibility index (Phi) is 6.93. The maximum absolute atomic E-state index is 13.8. The highest BCUT2D eigenvalue weighted by Crippen LogP contribution is 2.33. The molecule has 1 saturated heterocycles. The van der Waals surface area contributed by atoms with Gasteiger partial charge in [-0.25, -0.2) is 4.79 Å². The number of hydrogen-bond acceptors (Lipinski definition) is 7. The molecule has 1 fully saturated rings. The van der Waals surface area contributed by atoms with Crippen molar-refractivity contribution in [2.24, 2.45) is 0 Å². The van der Waals surface area contributed by atoms with E-state index in [1.165, 1.54) is 22.7 Å². The third-order valence-corrected chi connectivity index (χ3v) is 8.03. The van der Waals surface area contributed by atoms with Crippen LogP contribution in [0.1, 0.15) is 38.1 Å². The van der Waals surface area contributed by atoms with E-state index in [9.17, 15) is 14.4 Å². The number of esters is 1. The molecular formula is C27H27N3O4S2. The Balaban J connectivity index is 1.53. The van der Waals surface area contributed by atoms with Crippen LogP contribution in [0.4, 0.5) is 5.69 Å². The van der Waals surface area contributed by atoms with Crippen LogP contribution in [0.3, 0.4) is 0 Å². The van der Waals surface area contributed by atoms with Crippen molar-refractivity contribution in [3.05, 3.63) is 84.5 Å². The molecule has 186 valence electrons. The summed E-state index contributed by atoms with van der Waals surface area (Å²) in [5.74, 6) is -0.593. The minimum absolute atomic E-state index is 0.0180. The van der Waals surface area contributed by atoms with Crippen LogP contribution in [-0.2, 0) is 11.3 Å². The third kappa shape index (κ3) is 4.56. The third-order valence-electron chi connectivity index (χ3n) is 6.44. The first-order valence-corrected chi connectivity index (χ1v) is 13.7. The number of thiophene rings is 2. The van der Waals surface area contributed by atoms with Gasteiger partial charge < -0.3 is 19.1 Å².